The summed E-state index contributed by atoms with van der Waals surface area (Å²) in [6, 6.07) is 46.0. The van der Waals surface area contributed by atoms with E-state index < -0.39 is 11.9 Å². The number of rotatable bonds is 9. The zero-order chi connectivity index (χ0) is 36.7. The van der Waals surface area contributed by atoms with Crippen molar-refractivity contribution < 1.29 is 19.1 Å². The highest BCUT2D eigenvalue weighted by atomic mass is 35.5. The Balaban J connectivity index is 1.32. The summed E-state index contributed by atoms with van der Waals surface area (Å²) in [6.07, 6.45) is 11.5. The number of methoxy groups -OCH3 is 2. The Morgan fingerprint density at radius 1 is 0.547 bits per heavy atom. The normalized spacial score (nSPS) is 12.1. The van der Waals surface area contributed by atoms with Crippen molar-refractivity contribution >= 4 is 46.2 Å². The zero-order valence-corrected chi connectivity index (χ0v) is 30.1. The Bertz CT molecular complexity index is 2360. The molecule has 5 nitrogen and oxygen atoms in total. The maximum absolute atomic E-state index is 13.2. The Hall–Kier alpha value is -6.43. The van der Waals surface area contributed by atoms with Gasteiger partial charge in [0.25, 0.3) is 0 Å². The topological polar surface area (TPSA) is 55.8 Å². The molecule has 0 N–H and O–H groups in total. The molecular formula is C47H36ClNO4. The molecule has 0 aromatic heterocycles. The van der Waals surface area contributed by atoms with E-state index in [2.05, 4.69) is 95.9 Å². The van der Waals surface area contributed by atoms with E-state index in [4.69, 9.17) is 21.1 Å². The Labute approximate surface area is 314 Å². The van der Waals surface area contributed by atoms with Gasteiger partial charge in [-0.25, -0.2) is 9.59 Å². The standard InChI is InChI=1S/C47H36ClNO4/c1-52-46(50)43-31-44(47(51)53-2)42(40-16-10-11-17-45(40)48)30-41(43)36-22-28-39(29-23-36)49(38-26-20-35(21-27-38)33-14-8-5-9-15-33)37-24-18-34(19-25-37)32-12-6-3-4-7-13-32/h3-6,8-31H,7H2,1-2H3. The van der Waals surface area contributed by atoms with Crippen molar-refractivity contribution in [2.24, 2.45) is 0 Å². The van der Waals surface area contributed by atoms with Gasteiger partial charge in [0, 0.05) is 27.6 Å². The molecule has 0 radical (unpaired) electrons. The molecule has 0 aliphatic heterocycles. The molecule has 0 amide bonds. The van der Waals surface area contributed by atoms with E-state index in [1.165, 1.54) is 25.9 Å². The fourth-order valence-corrected chi connectivity index (χ4v) is 6.80. The minimum Gasteiger partial charge on any atom is -0.465 e. The van der Waals surface area contributed by atoms with Crippen LogP contribution in [0.15, 0.2) is 170 Å². The predicted octanol–water partition coefficient (Wildman–Crippen LogP) is 12.3. The quantitative estimate of drug-likeness (QED) is 0.140. The Morgan fingerprint density at radius 2 is 1.08 bits per heavy atom. The highest BCUT2D eigenvalue weighted by Gasteiger charge is 2.24. The van der Waals surface area contributed by atoms with Crippen molar-refractivity contribution in [2.75, 3.05) is 19.1 Å². The van der Waals surface area contributed by atoms with Crippen molar-refractivity contribution in [1.29, 1.82) is 0 Å². The van der Waals surface area contributed by atoms with Gasteiger partial charge < -0.3 is 14.4 Å². The van der Waals surface area contributed by atoms with Crippen LogP contribution in [0.3, 0.4) is 0 Å². The molecule has 53 heavy (non-hydrogen) atoms. The predicted molar refractivity (Wildman–Crippen MR) is 216 cm³/mol. The first-order valence-electron chi connectivity index (χ1n) is 17.2. The number of nitrogens with zero attached hydrogens (tertiary/aromatic N) is 1. The van der Waals surface area contributed by atoms with Gasteiger partial charge in [-0.15, -0.1) is 0 Å². The molecule has 6 heteroatoms. The highest BCUT2D eigenvalue weighted by Crippen LogP contribution is 2.40. The molecule has 6 aromatic carbocycles. The van der Waals surface area contributed by atoms with Crippen molar-refractivity contribution in [2.45, 2.75) is 6.42 Å². The molecule has 0 bridgehead atoms. The Morgan fingerprint density at radius 3 is 1.68 bits per heavy atom. The van der Waals surface area contributed by atoms with Crippen LogP contribution < -0.4 is 4.90 Å². The van der Waals surface area contributed by atoms with Gasteiger partial charge in [0.2, 0.25) is 0 Å². The van der Waals surface area contributed by atoms with Crippen molar-refractivity contribution in [3.05, 3.63) is 192 Å². The number of hydrogen-bond acceptors (Lipinski definition) is 5. The number of ether oxygens (including phenoxy) is 2. The van der Waals surface area contributed by atoms with Crippen molar-refractivity contribution in [1.82, 2.24) is 0 Å². The maximum atomic E-state index is 13.2. The smallest absolute Gasteiger partial charge is 0.338 e. The van der Waals surface area contributed by atoms with Crippen LogP contribution in [0.1, 0.15) is 32.7 Å². The van der Waals surface area contributed by atoms with Crippen molar-refractivity contribution in [3.63, 3.8) is 0 Å². The molecular weight excluding hydrogens is 678 g/mol. The molecule has 0 fully saturated rings. The third kappa shape index (κ3) is 7.48. The summed E-state index contributed by atoms with van der Waals surface area (Å²) in [5, 5.41) is 0.465. The summed E-state index contributed by atoms with van der Waals surface area (Å²) in [4.78, 5) is 28.4. The lowest BCUT2D eigenvalue weighted by atomic mass is 9.90. The lowest BCUT2D eigenvalue weighted by Crippen LogP contribution is -2.11. The van der Waals surface area contributed by atoms with Gasteiger partial charge in [-0.3, -0.25) is 0 Å². The van der Waals surface area contributed by atoms with E-state index >= 15 is 0 Å². The minimum absolute atomic E-state index is 0.210. The number of hydrogen-bond donors (Lipinski definition) is 0. The summed E-state index contributed by atoms with van der Waals surface area (Å²) in [5.74, 6) is -1.16. The molecule has 6 aromatic rings. The van der Waals surface area contributed by atoms with Crippen LogP contribution in [0.4, 0.5) is 17.1 Å². The van der Waals surface area contributed by atoms with Crippen LogP contribution in [0.25, 0.3) is 39.0 Å². The number of halogens is 1. The molecule has 7 rings (SSSR count). The van der Waals surface area contributed by atoms with Gasteiger partial charge >= 0.3 is 11.9 Å². The van der Waals surface area contributed by atoms with Crippen LogP contribution in [0.2, 0.25) is 5.02 Å². The first-order valence-corrected chi connectivity index (χ1v) is 17.6. The second kappa shape index (κ2) is 15.9. The number of allylic oxidation sites excluding steroid dienone is 6. The van der Waals surface area contributed by atoms with Gasteiger partial charge in [0.1, 0.15) is 0 Å². The molecule has 0 atom stereocenters. The number of esters is 2. The van der Waals surface area contributed by atoms with E-state index in [1.807, 2.05) is 60.7 Å². The molecule has 1 aliphatic rings. The fourth-order valence-electron chi connectivity index (χ4n) is 6.57. The summed E-state index contributed by atoms with van der Waals surface area (Å²) in [5.41, 5.74) is 10.5. The van der Waals surface area contributed by atoms with Gasteiger partial charge in [-0.1, -0.05) is 127 Å². The zero-order valence-electron chi connectivity index (χ0n) is 29.3. The summed E-state index contributed by atoms with van der Waals surface area (Å²) in [6.45, 7) is 0. The van der Waals surface area contributed by atoms with Crippen LogP contribution in [-0.4, -0.2) is 26.2 Å². The van der Waals surface area contributed by atoms with E-state index in [0.717, 1.165) is 45.7 Å². The lowest BCUT2D eigenvalue weighted by Gasteiger charge is -2.26. The van der Waals surface area contributed by atoms with Gasteiger partial charge in [-0.05, 0) is 100.0 Å². The second-order valence-electron chi connectivity index (χ2n) is 12.4. The third-order valence-corrected chi connectivity index (χ3v) is 9.59. The Kier molecular flexibility index (Phi) is 10.5. The number of benzene rings is 6. The molecule has 0 unspecified atom stereocenters. The van der Waals surface area contributed by atoms with E-state index in [9.17, 15) is 9.59 Å². The first kappa shape index (κ1) is 35.0. The second-order valence-corrected chi connectivity index (χ2v) is 12.8. The number of carbonyl (C=O) groups is 2. The average molecular weight is 714 g/mol. The minimum atomic E-state index is -0.588. The largest absolute Gasteiger partial charge is 0.465 e. The number of anilines is 3. The highest BCUT2D eigenvalue weighted by molar-refractivity contribution is 6.33. The van der Waals surface area contributed by atoms with Gasteiger partial charge in [-0.2, -0.15) is 0 Å². The van der Waals surface area contributed by atoms with Crippen LogP contribution >= 0.6 is 11.6 Å². The number of carbonyl (C=O) groups excluding carboxylic acids is 2. The molecule has 0 saturated carbocycles. The summed E-state index contributed by atoms with van der Waals surface area (Å²) >= 11 is 6.63. The molecule has 1 aliphatic carbocycles. The van der Waals surface area contributed by atoms with E-state index in [1.54, 1.807) is 12.1 Å². The monoisotopic (exact) mass is 713 g/mol. The molecule has 0 saturated heterocycles. The third-order valence-electron chi connectivity index (χ3n) is 9.26. The van der Waals surface area contributed by atoms with Gasteiger partial charge in [0.15, 0.2) is 0 Å². The van der Waals surface area contributed by atoms with Crippen molar-refractivity contribution in [3.8, 4) is 33.4 Å². The summed E-state index contributed by atoms with van der Waals surface area (Å²) in [7, 11) is 2.63. The van der Waals surface area contributed by atoms with Crippen LogP contribution in [0.5, 0.6) is 0 Å². The van der Waals surface area contributed by atoms with Crippen LogP contribution in [0, 0.1) is 0 Å². The molecule has 0 spiro atoms. The average Bonchev–Trinajstić information content (AvgIpc) is 3.51. The maximum Gasteiger partial charge on any atom is 0.338 e. The van der Waals surface area contributed by atoms with E-state index in [-0.39, 0.29) is 11.1 Å². The molecule has 0 heterocycles. The SMILES string of the molecule is COC(=O)c1cc(C(=O)OC)c(-c2ccccc2Cl)cc1-c1ccc(N(c2ccc(C3=CCC=CC=C3)cc2)c2ccc(-c3ccccc3)cc2)cc1. The lowest BCUT2D eigenvalue weighted by molar-refractivity contribution is 0.0600. The van der Waals surface area contributed by atoms with E-state index in [0.29, 0.717) is 21.7 Å². The molecule has 260 valence electrons. The summed E-state index contributed by atoms with van der Waals surface area (Å²) < 4.78 is 10.3. The van der Waals surface area contributed by atoms with Gasteiger partial charge in [0.05, 0.1) is 25.3 Å². The fraction of sp³-hybridized carbons (Fsp3) is 0.0638. The van der Waals surface area contributed by atoms with Crippen LogP contribution in [-0.2, 0) is 9.47 Å². The first-order chi connectivity index (χ1) is 25.9.